The van der Waals surface area contributed by atoms with Crippen molar-refractivity contribution in [2.45, 2.75) is 19.1 Å². The van der Waals surface area contributed by atoms with E-state index >= 15 is 0 Å². The van der Waals surface area contributed by atoms with Crippen LogP contribution in [0, 0.1) is 11.3 Å². The van der Waals surface area contributed by atoms with Crippen molar-refractivity contribution in [3.8, 4) is 6.07 Å². The highest BCUT2D eigenvalue weighted by Crippen LogP contribution is 2.43. The van der Waals surface area contributed by atoms with Gasteiger partial charge < -0.3 is 9.64 Å². The number of likely N-dealkylation sites (N-methyl/N-ethyl adjacent to an activating group) is 1. The number of esters is 1. The average molecular weight is 607 g/mol. The van der Waals surface area contributed by atoms with E-state index in [1.807, 2.05) is 25.1 Å². The number of halogens is 4. The number of hydrogen-bond acceptors (Lipinski definition) is 7. The first kappa shape index (κ1) is 29.7. The number of fused-ring (bicyclic) bond motifs is 1. The van der Waals surface area contributed by atoms with E-state index in [1.54, 1.807) is 31.2 Å². The summed E-state index contributed by atoms with van der Waals surface area (Å²) in [6.45, 7) is 2.07. The molecule has 1 aliphatic heterocycles. The Hall–Kier alpha value is -3.89. The van der Waals surface area contributed by atoms with Crippen LogP contribution in [-0.2, 0) is 22.8 Å². The summed E-state index contributed by atoms with van der Waals surface area (Å²) in [4.78, 5) is 30.0. The minimum absolute atomic E-state index is 0. The van der Waals surface area contributed by atoms with Crippen LogP contribution in [0.15, 0.2) is 64.6 Å². The second-order valence-corrected chi connectivity index (χ2v) is 9.03. The van der Waals surface area contributed by atoms with Crippen molar-refractivity contribution >= 4 is 34.6 Å². The smallest absolute Gasteiger partial charge is 0.416 e. The lowest BCUT2D eigenvalue weighted by molar-refractivity contribution is -0.140. The van der Waals surface area contributed by atoms with Gasteiger partial charge in [-0.25, -0.2) is 18.8 Å². The molecule has 1 unspecified atom stereocenters. The zero-order valence-electron chi connectivity index (χ0n) is 21.6. The minimum atomic E-state index is -4.60. The summed E-state index contributed by atoms with van der Waals surface area (Å²) in [5.74, 6) is -0.689. The van der Waals surface area contributed by atoms with Crippen molar-refractivity contribution in [3.63, 3.8) is 0 Å². The molecule has 0 saturated heterocycles. The molecule has 0 spiro atoms. The van der Waals surface area contributed by atoms with Crippen LogP contribution in [0.2, 0.25) is 0 Å². The molecule has 9 nitrogen and oxygen atoms in total. The number of anilines is 2. The molecular formula is C26H26BrF3N6O3. The van der Waals surface area contributed by atoms with E-state index in [0.717, 1.165) is 16.8 Å². The Morgan fingerprint density at radius 2 is 1.85 bits per heavy atom. The van der Waals surface area contributed by atoms with Gasteiger partial charge in [-0.05, 0) is 56.9 Å². The van der Waals surface area contributed by atoms with Crippen molar-refractivity contribution in [1.82, 2.24) is 19.2 Å². The van der Waals surface area contributed by atoms with E-state index in [2.05, 4.69) is 5.10 Å². The van der Waals surface area contributed by atoms with Crippen LogP contribution in [0.25, 0.3) is 0 Å². The number of ether oxygens (including phenoxy) is 1. The topological polar surface area (TPSA) is 96.4 Å². The number of rotatable bonds is 6. The molecule has 0 amide bonds. The molecule has 2 aromatic carbocycles. The molecule has 1 aromatic heterocycles. The maximum absolute atomic E-state index is 13.5. The van der Waals surface area contributed by atoms with E-state index in [1.165, 1.54) is 28.6 Å². The van der Waals surface area contributed by atoms with Crippen molar-refractivity contribution < 1.29 is 22.7 Å². The standard InChI is InChI=1S/C26H25F3N6O3.BrH/c1-16-21(23(36)38-13-12-32(2)3)22(18-10-8-17(15-30)9-11-18)35-24(31-33(4)25(35)37)34(16)20-7-5-6-19(14-20)26(27,28)29;/h5-11,14,22H,12-13H2,1-4H3;1H. The van der Waals surface area contributed by atoms with Gasteiger partial charge in [-0.2, -0.15) is 18.4 Å². The largest absolute Gasteiger partial charge is 0.461 e. The number of benzene rings is 2. The Kier molecular flexibility index (Phi) is 8.72. The Bertz CT molecular complexity index is 1500. The lowest BCUT2D eigenvalue weighted by Crippen LogP contribution is -2.38. The summed E-state index contributed by atoms with van der Waals surface area (Å²) < 4.78 is 48.5. The Morgan fingerprint density at radius 3 is 2.44 bits per heavy atom. The predicted octanol–water partition coefficient (Wildman–Crippen LogP) is 4.17. The zero-order chi connectivity index (χ0) is 27.8. The number of aromatic nitrogens is 3. The average Bonchev–Trinajstić information content (AvgIpc) is 3.16. The first-order chi connectivity index (χ1) is 17.9. The quantitative estimate of drug-likeness (QED) is 0.389. The summed E-state index contributed by atoms with van der Waals surface area (Å²) in [5, 5.41) is 13.5. The van der Waals surface area contributed by atoms with Gasteiger partial charge in [-0.1, -0.05) is 18.2 Å². The molecule has 0 saturated carbocycles. The fourth-order valence-corrected chi connectivity index (χ4v) is 4.29. The number of allylic oxidation sites excluding steroid dienone is 1. The SMILES string of the molecule is Br.CC1=C(C(=O)OCCN(C)C)C(c2ccc(C#N)cc2)n2c(nn(C)c2=O)N1c1cccc(C(F)(F)F)c1. The second kappa shape index (κ2) is 11.5. The normalized spacial score (nSPS) is 15.1. The lowest BCUT2D eigenvalue weighted by Gasteiger charge is -2.35. The van der Waals surface area contributed by atoms with E-state index < -0.39 is 29.4 Å². The molecule has 1 atom stereocenters. The Morgan fingerprint density at radius 1 is 1.18 bits per heavy atom. The third kappa shape index (κ3) is 5.76. The molecule has 4 rings (SSSR count). The Balaban J connectivity index is 0.00000420. The first-order valence-electron chi connectivity index (χ1n) is 11.6. The fourth-order valence-electron chi connectivity index (χ4n) is 4.29. The van der Waals surface area contributed by atoms with Crippen molar-refractivity contribution in [2.24, 2.45) is 7.05 Å². The molecule has 0 bridgehead atoms. The van der Waals surface area contributed by atoms with Crippen LogP contribution in [-0.4, -0.2) is 52.5 Å². The van der Waals surface area contributed by atoms with Crippen molar-refractivity contribution in [2.75, 3.05) is 32.1 Å². The number of nitriles is 1. The Labute approximate surface area is 233 Å². The number of hydrogen-bond donors (Lipinski definition) is 0. The molecule has 0 fully saturated rings. The molecule has 206 valence electrons. The van der Waals surface area contributed by atoms with Crippen LogP contribution in [0.3, 0.4) is 0 Å². The van der Waals surface area contributed by atoms with Crippen molar-refractivity contribution in [1.29, 1.82) is 5.26 Å². The van der Waals surface area contributed by atoms with Crippen LogP contribution < -0.4 is 10.6 Å². The number of aryl methyl sites for hydroxylation is 1. The number of carbonyl (C=O) groups excluding carboxylic acids is 1. The summed E-state index contributed by atoms with van der Waals surface area (Å²) in [6.07, 6.45) is -4.60. The summed E-state index contributed by atoms with van der Waals surface area (Å²) in [7, 11) is 5.04. The highest BCUT2D eigenvalue weighted by Gasteiger charge is 2.41. The minimum Gasteiger partial charge on any atom is -0.461 e. The maximum Gasteiger partial charge on any atom is 0.416 e. The van der Waals surface area contributed by atoms with Crippen LogP contribution in [0.5, 0.6) is 0 Å². The molecule has 39 heavy (non-hydrogen) atoms. The highest BCUT2D eigenvalue weighted by atomic mass is 79.9. The van der Waals surface area contributed by atoms with E-state index in [9.17, 15) is 28.0 Å². The molecule has 13 heteroatoms. The summed E-state index contributed by atoms with van der Waals surface area (Å²) >= 11 is 0. The molecule has 0 radical (unpaired) electrons. The third-order valence-electron chi connectivity index (χ3n) is 6.17. The van der Waals surface area contributed by atoms with Gasteiger partial charge in [0.25, 0.3) is 0 Å². The monoisotopic (exact) mass is 606 g/mol. The highest BCUT2D eigenvalue weighted by molar-refractivity contribution is 8.93. The summed E-state index contributed by atoms with van der Waals surface area (Å²) in [5.41, 5.74) is -0.205. The molecule has 0 N–H and O–H groups in total. The first-order valence-corrected chi connectivity index (χ1v) is 11.6. The van der Waals surface area contributed by atoms with E-state index in [0.29, 0.717) is 17.7 Å². The molecule has 2 heterocycles. The number of nitrogens with zero attached hydrogens (tertiary/aromatic N) is 6. The van der Waals surface area contributed by atoms with Gasteiger partial charge in [0.05, 0.1) is 22.8 Å². The number of carbonyl (C=O) groups is 1. The molecule has 0 aliphatic carbocycles. The molecule has 3 aromatic rings. The van der Waals surface area contributed by atoms with Crippen LogP contribution >= 0.6 is 17.0 Å². The molecule has 1 aliphatic rings. The van der Waals surface area contributed by atoms with Gasteiger partial charge in [0.2, 0.25) is 5.95 Å². The van der Waals surface area contributed by atoms with Crippen LogP contribution in [0.1, 0.15) is 29.7 Å². The van der Waals surface area contributed by atoms with Gasteiger partial charge in [-0.15, -0.1) is 22.1 Å². The number of alkyl halides is 3. The van der Waals surface area contributed by atoms with E-state index in [4.69, 9.17) is 4.74 Å². The van der Waals surface area contributed by atoms with Crippen LogP contribution in [0.4, 0.5) is 24.8 Å². The van der Waals surface area contributed by atoms with Gasteiger partial charge in [0.1, 0.15) is 12.6 Å². The van der Waals surface area contributed by atoms with Gasteiger partial charge in [0.15, 0.2) is 0 Å². The zero-order valence-corrected chi connectivity index (χ0v) is 23.3. The third-order valence-corrected chi connectivity index (χ3v) is 6.17. The van der Waals surface area contributed by atoms with Crippen molar-refractivity contribution in [3.05, 3.63) is 87.0 Å². The second-order valence-electron chi connectivity index (χ2n) is 9.03. The summed E-state index contributed by atoms with van der Waals surface area (Å²) in [6, 6.07) is 11.9. The van der Waals surface area contributed by atoms with Gasteiger partial charge in [0, 0.05) is 25.0 Å². The molecular weight excluding hydrogens is 581 g/mol. The lowest BCUT2D eigenvalue weighted by atomic mass is 9.93. The van der Waals surface area contributed by atoms with E-state index in [-0.39, 0.29) is 46.5 Å². The van der Waals surface area contributed by atoms with Gasteiger partial charge >= 0.3 is 17.8 Å². The van der Waals surface area contributed by atoms with Gasteiger partial charge in [-0.3, -0.25) is 4.90 Å². The maximum atomic E-state index is 13.5. The fraction of sp³-hybridized carbons (Fsp3) is 0.308. The predicted molar refractivity (Wildman–Crippen MR) is 143 cm³/mol.